The van der Waals surface area contributed by atoms with E-state index in [-0.39, 0.29) is 5.54 Å². The molecule has 0 bridgehead atoms. The lowest BCUT2D eigenvalue weighted by atomic mass is 10.1. The molecular formula is C12H12ClNO2. The number of nitrogens with zero attached hydrogens (tertiary/aromatic N) is 1. The number of aliphatic imine (C=N–C) groups is 1. The smallest absolute Gasteiger partial charge is 0.235 e. The van der Waals surface area contributed by atoms with Crippen LogP contribution in [0.3, 0.4) is 0 Å². The van der Waals surface area contributed by atoms with E-state index in [1.54, 1.807) is 6.08 Å². The van der Waals surface area contributed by atoms with E-state index in [0.717, 1.165) is 18.4 Å². The van der Waals surface area contributed by atoms with E-state index >= 15 is 0 Å². The van der Waals surface area contributed by atoms with Crippen LogP contribution in [0.25, 0.3) is 0 Å². The molecule has 1 aliphatic carbocycles. The third-order valence-corrected chi connectivity index (χ3v) is 3.05. The highest BCUT2D eigenvalue weighted by molar-refractivity contribution is 6.32. The Labute approximate surface area is 99.1 Å². The molecule has 0 N–H and O–H groups in total. The summed E-state index contributed by atoms with van der Waals surface area (Å²) < 4.78 is 5.34. The number of isocyanates is 1. The van der Waals surface area contributed by atoms with Gasteiger partial charge in [-0.1, -0.05) is 17.7 Å². The maximum Gasteiger partial charge on any atom is 0.235 e. The first kappa shape index (κ1) is 11.2. The molecule has 3 nitrogen and oxygen atoms in total. The van der Waals surface area contributed by atoms with Gasteiger partial charge in [-0.25, -0.2) is 4.79 Å². The molecule has 0 atom stereocenters. The fourth-order valence-electron chi connectivity index (χ4n) is 1.73. The summed E-state index contributed by atoms with van der Waals surface area (Å²) in [7, 11) is 0. The maximum atomic E-state index is 10.3. The predicted molar refractivity (Wildman–Crippen MR) is 61.7 cm³/mol. The van der Waals surface area contributed by atoms with Crippen molar-refractivity contribution in [2.75, 3.05) is 6.61 Å². The summed E-state index contributed by atoms with van der Waals surface area (Å²) in [6.45, 7) is 2.49. The average Bonchev–Trinajstić information content (AvgIpc) is 3.03. The second-order valence-corrected chi connectivity index (χ2v) is 4.22. The maximum absolute atomic E-state index is 10.3. The number of benzene rings is 1. The Morgan fingerprint density at radius 1 is 1.56 bits per heavy atom. The molecule has 0 unspecified atom stereocenters. The van der Waals surface area contributed by atoms with Crippen LogP contribution in [0.5, 0.6) is 5.75 Å². The quantitative estimate of drug-likeness (QED) is 0.596. The van der Waals surface area contributed by atoms with Crippen LogP contribution in [-0.2, 0) is 10.3 Å². The normalized spacial score (nSPS) is 16.4. The molecule has 1 aromatic rings. The largest absolute Gasteiger partial charge is 0.492 e. The van der Waals surface area contributed by atoms with Crippen LogP contribution >= 0.6 is 11.6 Å². The van der Waals surface area contributed by atoms with Crippen LogP contribution in [0.1, 0.15) is 25.3 Å². The molecular weight excluding hydrogens is 226 g/mol. The third-order valence-electron chi connectivity index (χ3n) is 2.75. The van der Waals surface area contributed by atoms with Crippen molar-refractivity contribution in [2.45, 2.75) is 25.3 Å². The van der Waals surface area contributed by atoms with Crippen molar-refractivity contribution < 1.29 is 9.53 Å². The van der Waals surface area contributed by atoms with Crippen LogP contribution in [0, 0.1) is 0 Å². The summed E-state index contributed by atoms with van der Waals surface area (Å²) in [5.41, 5.74) is 0.597. The molecule has 0 saturated heterocycles. The van der Waals surface area contributed by atoms with Crippen molar-refractivity contribution in [3.63, 3.8) is 0 Å². The van der Waals surface area contributed by atoms with Crippen molar-refractivity contribution >= 4 is 17.7 Å². The van der Waals surface area contributed by atoms with E-state index < -0.39 is 0 Å². The summed E-state index contributed by atoms with van der Waals surface area (Å²) in [6, 6.07) is 5.55. The van der Waals surface area contributed by atoms with Gasteiger partial charge in [-0.3, -0.25) is 0 Å². The minimum Gasteiger partial charge on any atom is -0.492 e. The monoisotopic (exact) mass is 237 g/mol. The van der Waals surface area contributed by atoms with E-state index in [4.69, 9.17) is 16.3 Å². The molecule has 0 heterocycles. The van der Waals surface area contributed by atoms with Gasteiger partial charge in [0.25, 0.3) is 0 Å². The Hall–Kier alpha value is -1.31. The van der Waals surface area contributed by atoms with Crippen molar-refractivity contribution in [1.82, 2.24) is 0 Å². The lowest BCUT2D eigenvalue weighted by Gasteiger charge is -2.11. The van der Waals surface area contributed by atoms with Crippen LogP contribution in [0.2, 0.25) is 5.02 Å². The standard InChI is InChI=1S/C12H12ClNO2/c1-2-16-11-4-3-9(7-10(11)13)12(5-6-12)14-8-15/h3-4,7H,2,5-6H2,1H3. The molecule has 0 aliphatic heterocycles. The van der Waals surface area contributed by atoms with Crippen LogP contribution < -0.4 is 4.74 Å². The number of hydrogen-bond acceptors (Lipinski definition) is 3. The molecule has 1 aliphatic rings. The Bertz CT molecular complexity index is 448. The molecule has 2 rings (SSSR count). The lowest BCUT2D eigenvalue weighted by Crippen LogP contribution is -2.02. The molecule has 16 heavy (non-hydrogen) atoms. The van der Waals surface area contributed by atoms with Gasteiger partial charge in [0.2, 0.25) is 6.08 Å². The fraction of sp³-hybridized carbons (Fsp3) is 0.417. The molecule has 0 radical (unpaired) electrons. The van der Waals surface area contributed by atoms with Crippen molar-refractivity contribution in [3.05, 3.63) is 28.8 Å². The molecule has 0 aromatic heterocycles. The number of rotatable bonds is 4. The van der Waals surface area contributed by atoms with Gasteiger partial charge in [-0.15, -0.1) is 0 Å². The van der Waals surface area contributed by atoms with Crippen molar-refractivity contribution in [3.8, 4) is 5.75 Å². The van der Waals surface area contributed by atoms with Crippen LogP contribution in [0.15, 0.2) is 23.2 Å². The first-order valence-corrected chi connectivity index (χ1v) is 5.61. The van der Waals surface area contributed by atoms with Gasteiger partial charge >= 0.3 is 0 Å². The summed E-state index contributed by atoms with van der Waals surface area (Å²) in [6.07, 6.45) is 3.39. The lowest BCUT2D eigenvalue weighted by molar-refractivity contribution is 0.340. The van der Waals surface area contributed by atoms with Gasteiger partial charge < -0.3 is 4.74 Å². The second kappa shape index (κ2) is 4.28. The zero-order valence-corrected chi connectivity index (χ0v) is 9.75. The summed E-state index contributed by atoms with van der Waals surface area (Å²) in [4.78, 5) is 14.2. The van der Waals surface area contributed by atoms with Gasteiger partial charge in [-0.2, -0.15) is 4.99 Å². The first-order valence-electron chi connectivity index (χ1n) is 5.24. The number of carbonyl (C=O) groups excluding carboxylic acids is 1. The van der Waals surface area contributed by atoms with Crippen molar-refractivity contribution in [1.29, 1.82) is 0 Å². The van der Waals surface area contributed by atoms with Crippen LogP contribution in [-0.4, -0.2) is 12.7 Å². The highest BCUT2D eigenvalue weighted by Gasteiger charge is 2.45. The zero-order chi connectivity index (χ0) is 11.6. The number of hydrogen-bond donors (Lipinski definition) is 0. The van der Waals surface area contributed by atoms with Gasteiger partial charge in [0.15, 0.2) is 0 Å². The summed E-state index contributed by atoms with van der Waals surface area (Å²) in [5.74, 6) is 0.666. The van der Waals surface area contributed by atoms with E-state index in [0.29, 0.717) is 17.4 Å². The highest BCUT2D eigenvalue weighted by atomic mass is 35.5. The third kappa shape index (κ3) is 1.97. The Morgan fingerprint density at radius 3 is 2.81 bits per heavy atom. The minimum absolute atomic E-state index is 0.365. The topological polar surface area (TPSA) is 38.7 Å². The Kier molecular flexibility index (Phi) is 2.99. The predicted octanol–water partition coefficient (Wildman–Crippen LogP) is 3.06. The Morgan fingerprint density at radius 2 is 2.31 bits per heavy atom. The van der Waals surface area contributed by atoms with E-state index in [1.165, 1.54) is 0 Å². The summed E-state index contributed by atoms with van der Waals surface area (Å²) >= 11 is 6.08. The molecule has 1 saturated carbocycles. The fourth-order valence-corrected chi connectivity index (χ4v) is 1.97. The molecule has 0 spiro atoms. The Balaban J connectivity index is 2.31. The molecule has 84 valence electrons. The van der Waals surface area contributed by atoms with Gasteiger partial charge in [-0.05, 0) is 37.5 Å². The number of ether oxygens (including phenoxy) is 1. The molecule has 0 amide bonds. The van der Waals surface area contributed by atoms with E-state index in [2.05, 4.69) is 4.99 Å². The van der Waals surface area contributed by atoms with Crippen LogP contribution in [0.4, 0.5) is 0 Å². The highest BCUT2D eigenvalue weighted by Crippen LogP contribution is 2.50. The first-order chi connectivity index (χ1) is 7.72. The van der Waals surface area contributed by atoms with E-state index in [9.17, 15) is 4.79 Å². The zero-order valence-electron chi connectivity index (χ0n) is 9.00. The SMILES string of the molecule is CCOc1ccc(C2(N=C=O)CC2)cc1Cl. The summed E-state index contributed by atoms with van der Waals surface area (Å²) in [5, 5.41) is 0.562. The van der Waals surface area contributed by atoms with Gasteiger partial charge in [0, 0.05) is 0 Å². The average molecular weight is 238 g/mol. The number of halogens is 1. The van der Waals surface area contributed by atoms with E-state index in [1.807, 2.05) is 25.1 Å². The minimum atomic E-state index is -0.365. The molecule has 1 fully saturated rings. The molecule has 1 aromatic carbocycles. The molecule has 4 heteroatoms. The van der Waals surface area contributed by atoms with Crippen molar-refractivity contribution in [2.24, 2.45) is 4.99 Å². The van der Waals surface area contributed by atoms with Gasteiger partial charge in [0.1, 0.15) is 5.75 Å². The van der Waals surface area contributed by atoms with Gasteiger partial charge in [0.05, 0.1) is 17.2 Å². The second-order valence-electron chi connectivity index (χ2n) is 3.81.